The number of halogens is 1. The average Bonchev–Trinajstić information content (AvgIpc) is 3.27. The Bertz CT molecular complexity index is 1140. The highest BCUT2D eigenvalue weighted by Crippen LogP contribution is 2.38. The van der Waals surface area contributed by atoms with Gasteiger partial charge in [-0.15, -0.1) is 17.9 Å². The Kier molecular flexibility index (Phi) is 6.77. The smallest absolute Gasteiger partial charge is 0.254 e. The lowest BCUT2D eigenvalue weighted by Gasteiger charge is -2.37. The predicted molar refractivity (Wildman–Crippen MR) is 130 cm³/mol. The molecule has 1 unspecified atom stereocenters. The first kappa shape index (κ1) is 22.3. The van der Waals surface area contributed by atoms with Gasteiger partial charge in [0.1, 0.15) is 6.54 Å². The number of fused-ring (bicyclic) bond motifs is 1. The van der Waals surface area contributed by atoms with E-state index in [1.807, 2.05) is 4.90 Å². The second-order valence-electron chi connectivity index (χ2n) is 7.93. The summed E-state index contributed by atoms with van der Waals surface area (Å²) in [4.78, 5) is 31.4. The van der Waals surface area contributed by atoms with Gasteiger partial charge in [0.05, 0.1) is 6.04 Å². The van der Waals surface area contributed by atoms with Crippen LogP contribution in [0.3, 0.4) is 0 Å². The topological polar surface area (TPSA) is 40.6 Å². The van der Waals surface area contributed by atoms with Gasteiger partial charge in [-0.2, -0.15) is 0 Å². The fourth-order valence-corrected chi connectivity index (χ4v) is 5.22. The highest BCUT2D eigenvalue weighted by molar-refractivity contribution is 7.10. The van der Waals surface area contributed by atoms with E-state index in [4.69, 9.17) is 11.6 Å². The van der Waals surface area contributed by atoms with Crippen LogP contribution in [0.4, 0.5) is 0 Å². The summed E-state index contributed by atoms with van der Waals surface area (Å²) in [5.74, 6) is -0.314. The van der Waals surface area contributed by atoms with Crippen LogP contribution in [0.15, 0.2) is 72.6 Å². The van der Waals surface area contributed by atoms with Crippen molar-refractivity contribution in [1.29, 1.82) is 0 Å². The van der Waals surface area contributed by atoms with Crippen molar-refractivity contribution in [2.75, 3.05) is 19.6 Å². The molecule has 2 heterocycles. The molecule has 4 nitrogen and oxygen atoms in total. The molecule has 4 rings (SSSR count). The number of thiophene rings is 1. The SMILES string of the molecule is C=CCN(CC(=O)N1CCc2sccc2C1c1ccc(C)cc1)C(=O)c1cccc(Cl)c1. The quantitative estimate of drug-likeness (QED) is 0.451. The number of aryl methyl sites for hydroxylation is 1. The first-order chi connectivity index (χ1) is 15.5. The Labute approximate surface area is 197 Å². The maximum atomic E-state index is 13.5. The van der Waals surface area contributed by atoms with Crippen LogP contribution in [0, 0.1) is 6.92 Å². The summed E-state index contributed by atoms with van der Waals surface area (Å²) in [5.41, 5.74) is 3.90. The molecule has 1 aliphatic rings. The van der Waals surface area contributed by atoms with Gasteiger partial charge in [0.25, 0.3) is 5.91 Å². The maximum absolute atomic E-state index is 13.5. The fourth-order valence-electron chi connectivity index (χ4n) is 4.13. The van der Waals surface area contributed by atoms with Gasteiger partial charge < -0.3 is 9.80 Å². The van der Waals surface area contributed by atoms with E-state index < -0.39 is 0 Å². The Balaban J connectivity index is 1.61. The van der Waals surface area contributed by atoms with Gasteiger partial charge in [-0.1, -0.05) is 53.6 Å². The summed E-state index contributed by atoms with van der Waals surface area (Å²) < 4.78 is 0. The van der Waals surface area contributed by atoms with Gasteiger partial charge in [-0.05, 0) is 54.1 Å². The molecule has 0 saturated carbocycles. The molecule has 6 heteroatoms. The second-order valence-corrected chi connectivity index (χ2v) is 9.37. The van der Waals surface area contributed by atoms with Crippen molar-refractivity contribution in [3.8, 4) is 0 Å². The molecule has 0 bridgehead atoms. The van der Waals surface area contributed by atoms with E-state index in [1.54, 1.807) is 41.7 Å². The fraction of sp³-hybridized carbons (Fsp3) is 0.231. The van der Waals surface area contributed by atoms with Gasteiger partial charge in [0.15, 0.2) is 0 Å². The third kappa shape index (κ3) is 4.64. The monoisotopic (exact) mass is 464 g/mol. The van der Waals surface area contributed by atoms with Crippen molar-refractivity contribution in [1.82, 2.24) is 9.80 Å². The van der Waals surface area contributed by atoms with E-state index in [0.29, 0.717) is 17.1 Å². The minimum atomic E-state index is -0.235. The van der Waals surface area contributed by atoms with Crippen LogP contribution in [-0.2, 0) is 11.2 Å². The average molecular weight is 465 g/mol. The number of hydrogen-bond donors (Lipinski definition) is 0. The van der Waals surface area contributed by atoms with Crippen molar-refractivity contribution in [3.63, 3.8) is 0 Å². The van der Waals surface area contributed by atoms with E-state index in [9.17, 15) is 9.59 Å². The maximum Gasteiger partial charge on any atom is 0.254 e. The van der Waals surface area contributed by atoms with Crippen LogP contribution in [-0.4, -0.2) is 41.2 Å². The van der Waals surface area contributed by atoms with Crippen molar-refractivity contribution < 1.29 is 9.59 Å². The number of benzene rings is 2. The molecule has 0 saturated heterocycles. The molecule has 1 aliphatic heterocycles. The first-order valence-electron chi connectivity index (χ1n) is 10.6. The molecular weight excluding hydrogens is 440 g/mol. The number of hydrogen-bond acceptors (Lipinski definition) is 3. The molecule has 0 spiro atoms. The van der Waals surface area contributed by atoms with Crippen LogP contribution in [0.25, 0.3) is 0 Å². The van der Waals surface area contributed by atoms with Crippen molar-refractivity contribution in [3.05, 3.63) is 105 Å². The molecule has 0 radical (unpaired) electrons. The second kappa shape index (κ2) is 9.72. The summed E-state index contributed by atoms with van der Waals surface area (Å²) in [6, 6.07) is 17.1. The van der Waals surface area contributed by atoms with E-state index in [-0.39, 0.29) is 30.9 Å². The molecule has 0 aliphatic carbocycles. The number of amides is 2. The van der Waals surface area contributed by atoms with Gasteiger partial charge in [-0.3, -0.25) is 9.59 Å². The predicted octanol–water partition coefficient (Wildman–Crippen LogP) is 5.51. The number of carbonyl (C=O) groups excluding carboxylic acids is 2. The minimum absolute atomic E-state index is 0.0147. The van der Waals surface area contributed by atoms with Gasteiger partial charge in [0, 0.05) is 28.6 Å². The molecule has 1 atom stereocenters. The summed E-state index contributed by atoms with van der Waals surface area (Å²) in [6.45, 7) is 6.71. The zero-order valence-corrected chi connectivity index (χ0v) is 19.5. The molecular formula is C26H25ClN2O2S. The number of rotatable bonds is 6. The third-order valence-corrected chi connectivity index (χ3v) is 6.95. The van der Waals surface area contributed by atoms with Gasteiger partial charge >= 0.3 is 0 Å². The molecule has 3 aromatic rings. The Morgan fingerprint density at radius 2 is 2.00 bits per heavy atom. The van der Waals surface area contributed by atoms with Crippen LogP contribution >= 0.6 is 22.9 Å². The lowest BCUT2D eigenvalue weighted by molar-refractivity contribution is -0.133. The van der Waals surface area contributed by atoms with Gasteiger partial charge in [0.2, 0.25) is 5.91 Å². The Morgan fingerprint density at radius 3 is 2.72 bits per heavy atom. The number of carbonyl (C=O) groups is 2. The van der Waals surface area contributed by atoms with E-state index in [0.717, 1.165) is 12.0 Å². The summed E-state index contributed by atoms with van der Waals surface area (Å²) in [7, 11) is 0. The summed E-state index contributed by atoms with van der Waals surface area (Å²) in [6.07, 6.45) is 2.46. The molecule has 164 valence electrons. The zero-order valence-electron chi connectivity index (χ0n) is 18.0. The first-order valence-corrected chi connectivity index (χ1v) is 11.8. The lowest BCUT2D eigenvalue weighted by Crippen LogP contribution is -2.46. The van der Waals surface area contributed by atoms with Crippen LogP contribution in [0.2, 0.25) is 5.02 Å². The van der Waals surface area contributed by atoms with Crippen molar-refractivity contribution in [2.45, 2.75) is 19.4 Å². The highest BCUT2D eigenvalue weighted by atomic mass is 35.5. The highest BCUT2D eigenvalue weighted by Gasteiger charge is 2.34. The van der Waals surface area contributed by atoms with Gasteiger partial charge in [-0.25, -0.2) is 0 Å². The minimum Gasteiger partial charge on any atom is -0.330 e. The van der Waals surface area contributed by atoms with Crippen molar-refractivity contribution >= 4 is 34.8 Å². The zero-order chi connectivity index (χ0) is 22.7. The normalized spacial score (nSPS) is 15.2. The Hall–Kier alpha value is -2.89. The van der Waals surface area contributed by atoms with Crippen molar-refractivity contribution in [2.24, 2.45) is 0 Å². The Morgan fingerprint density at radius 1 is 1.22 bits per heavy atom. The molecule has 0 fully saturated rings. The summed E-state index contributed by atoms with van der Waals surface area (Å²) in [5, 5.41) is 2.58. The van der Waals surface area contributed by atoms with Crippen LogP contribution in [0.5, 0.6) is 0 Å². The molecule has 1 aromatic heterocycles. The van der Waals surface area contributed by atoms with E-state index >= 15 is 0 Å². The molecule has 2 aromatic carbocycles. The van der Waals surface area contributed by atoms with Crippen LogP contribution < -0.4 is 0 Å². The molecule has 0 N–H and O–H groups in total. The van der Waals surface area contributed by atoms with E-state index in [1.165, 1.54) is 20.9 Å². The number of nitrogens with zero attached hydrogens (tertiary/aromatic N) is 2. The summed E-state index contributed by atoms with van der Waals surface area (Å²) >= 11 is 7.81. The standard InChI is InChI=1S/C26H25ClN2O2S/c1-3-13-28(26(31)20-5-4-6-21(27)16-20)17-24(30)29-14-11-23-22(12-15-32-23)25(29)19-9-7-18(2)8-10-19/h3-10,12,15-16,25H,1,11,13-14,17H2,2H3. The van der Waals surface area contributed by atoms with Crippen LogP contribution in [0.1, 0.15) is 38.0 Å². The largest absolute Gasteiger partial charge is 0.330 e. The lowest BCUT2D eigenvalue weighted by atomic mass is 9.92. The van der Waals surface area contributed by atoms with E-state index in [2.05, 4.69) is 49.2 Å². The molecule has 2 amide bonds. The third-order valence-electron chi connectivity index (χ3n) is 5.71. The molecule has 32 heavy (non-hydrogen) atoms.